The van der Waals surface area contributed by atoms with Crippen LogP contribution in [0.15, 0.2) is 117 Å². The van der Waals surface area contributed by atoms with E-state index in [0.29, 0.717) is 5.84 Å². The maximum absolute atomic E-state index is 6.28. The zero-order chi connectivity index (χ0) is 20.3. The van der Waals surface area contributed by atoms with Gasteiger partial charge in [0, 0.05) is 21.9 Å². The van der Waals surface area contributed by atoms with E-state index in [4.69, 9.17) is 9.41 Å². The summed E-state index contributed by atoms with van der Waals surface area (Å²) in [5.41, 5.74) is 5.56. The highest BCUT2D eigenvalue weighted by Gasteiger charge is 2.17. The number of fused-ring (bicyclic) bond motifs is 3. The minimum absolute atomic E-state index is 0.592. The van der Waals surface area contributed by atoms with Crippen LogP contribution >= 0.6 is 0 Å². The molecular weight excluding hydrogens is 368 g/mol. The van der Waals surface area contributed by atoms with Crippen molar-refractivity contribution in [3.63, 3.8) is 0 Å². The summed E-state index contributed by atoms with van der Waals surface area (Å²) in [7, 11) is 0. The minimum Gasteiger partial charge on any atom is -0.455 e. The number of para-hydroxylation sites is 2. The summed E-state index contributed by atoms with van der Waals surface area (Å²) in [6.45, 7) is 3.77. The topological polar surface area (TPSA) is 37.9 Å². The van der Waals surface area contributed by atoms with Crippen molar-refractivity contribution in [3.8, 4) is 0 Å². The van der Waals surface area contributed by atoms with Crippen LogP contribution in [0.1, 0.15) is 17.5 Å². The molecule has 0 amide bonds. The normalized spacial score (nSPS) is 15.7. The average Bonchev–Trinajstić information content (AvgIpc) is 3.20. The molecule has 0 bridgehead atoms. The third-order valence-electron chi connectivity index (χ3n) is 5.25. The lowest BCUT2D eigenvalue weighted by Gasteiger charge is -2.12. The Hall–Kier alpha value is -3.98. The van der Waals surface area contributed by atoms with Crippen LogP contribution < -0.4 is 0 Å². The van der Waals surface area contributed by atoms with E-state index in [1.807, 2.05) is 54.6 Å². The Bertz CT molecular complexity index is 1370. The Morgan fingerprint density at radius 2 is 1.63 bits per heavy atom. The van der Waals surface area contributed by atoms with Crippen molar-refractivity contribution in [2.24, 2.45) is 9.98 Å². The van der Waals surface area contributed by atoms with Crippen molar-refractivity contribution in [2.45, 2.75) is 6.42 Å². The predicted molar refractivity (Wildman–Crippen MR) is 126 cm³/mol. The van der Waals surface area contributed by atoms with E-state index in [1.54, 1.807) is 0 Å². The summed E-state index contributed by atoms with van der Waals surface area (Å²) in [6.07, 6.45) is 9.12. The fraction of sp³-hybridized carbons (Fsp3) is 0.0370. The van der Waals surface area contributed by atoms with Gasteiger partial charge in [-0.15, -0.1) is 0 Å². The fourth-order valence-electron chi connectivity index (χ4n) is 3.81. The van der Waals surface area contributed by atoms with Crippen LogP contribution in [0.3, 0.4) is 0 Å². The van der Waals surface area contributed by atoms with Crippen LogP contribution in [0.5, 0.6) is 0 Å². The molecule has 1 heterocycles. The molecule has 0 atom stereocenters. The zero-order valence-corrected chi connectivity index (χ0v) is 16.5. The molecular formula is C27H20N2O. The Morgan fingerprint density at radius 1 is 0.833 bits per heavy atom. The summed E-state index contributed by atoms with van der Waals surface area (Å²) in [6, 6.07) is 24.3. The molecule has 4 aromatic rings. The van der Waals surface area contributed by atoms with Gasteiger partial charge in [-0.3, -0.25) is 0 Å². The molecule has 0 unspecified atom stereocenters. The molecule has 0 spiro atoms. The van der Waals surface area contributed by atoms with Crippen molar-refractivity contribution in [2.75, 3.05) is 0 Å². The molecule has 1 aliphatic carbocycles. The maximum atomic E-state index is 6.28. The summed E-state index contributed by atoms with van der Waals surface area (Å²) in [4.78, 5) is 9.24. The molecule has 1 aromatic heterocycles. The Balaban J connectivity index is 1.79. The number of amidine groups is 1. The van der Waals surface area contributed by atoms with Gasteiger partial charge in [0.05, 0.1) is 5.70 Å². The SMILES string of the molecule is C=NC(=N/C(=C1/C=CC=CC1)c1cccc2c1oc1ccccc12)c1ccccc1. The van der Waals surface area contributed by atoms with Gasteiger partial charge in [0.2, 0.25) is 0 Å². The fourth-order valence-corrected chi connectivity index (χ4v) is 3.81. The van der Waals surface area contributed by atoms with Crippen LogP contribution in [0, 0.1) is 0 Å². The first kappa shape index (κ1) is 18.1. The summed E-state index contributed by atoms with van der Waals surface area (Å²) < 4.78 is 6.28. The third-order valence-corrected chi connectivity index (χ3v) is 5.25. The van der Waals surface area contributed by atoms with Gasteiger partial charge >= 0.3 is 0 Å². The van der Waals surface area contributed by atoms with E-state index in [-0.39, 0.29) is 0 Å². The van der Waals surface area contributed by atoms with Gasteiger partial charge in [-0.1, -0.05) is 85.0 Å². The van der Waals surface area contributed by atoms with E-state index in [9.17, 15) is 0 Å². The van der Waals surface area contributed by atoms with Crippen LogP contribution in [0.25, 0.3) is 27.6 Å². The zero-order valence-electron chi connectivity index (χ0n) is 16.5. The first-order valence-corrected chi connectivity index (χ1v) is 9.93. The van der Waals surface area contributed by atoms with Crippen molar-refractivity contribution < 1.29 is 4.42 Å². The number of allylic oxidation sites excluding steroid dienone is 5. The molecule has 0 saturated carbocycles. The third kappa shape index (κ3) is 3.20. The molecule has 3 aromatic carbocycles. The van der Waals surface area contributed by atoms with E-state index in [2.05, 4.69) is 54.2 Å². The number of furan rings is 1. The van der Waals surface area contributed by atoms with Crippen LogP contribution in [-0.4, -0.2) is 12.6 Å². The molecule has 5 rings (SSSR count). The highest BCUT2D eigenvalue weighted by molar-refractivity contribution is 6.10. The lowest BCUT2D eigenvalue weighted by atomic mass is 9.99. The van der Waals surface area contributed by atoms with Crippen molar-refractivity contribution in [3.05, 3.63) is 114 Å². The monoisotopic (exact) mass is 388 g/mol. The smallest absolute Gasteiger partial charge is 0.159 e. The molecule has 144 valence electrons. The Labute approximate surface area is 175 Å². The standard InChI is InChI=1S/C27H20N2O/c1-28-27(20-13-6-3-7-14-20)29-25(19-11-4-2-5-12-19)23-17-10-16-22-21-15-8-9-18-24(21)30-26(22)23/h2-11,13-18H,1,12H2/b25-19-,29-27?. The van der Waals surface area contributed by atoms with Gasteiger partial charge in [0.1, 0.15) is 11.2 Å². The number of rotatable bonds is 3. The molecule has 30 heavy (non-hydrogen) atoms. The van der Waals surface area contributed by atoms with Gasteiger partial charge in [-0.2, -0.15) is 0 Å². The number of aliphatic imine (C=N–C) groups is 2. The number of nitrogens with zero attached hydrogens (tertiary/aromatic N) is 2. The van der Waals surface area contributed by atoms with E-state index in [1.165, 1.54) is 0 Å². The highest BCUT2D eigenvalue weighted by atomic mass is 16.3. The number of hydrogen-bond donors (Lipinski definition) is 0. The van der Waals surface area contributed by atoms with Gasteiger partial charge in [0.15, 0.2) is 5.84 Å². The van der Waals surface area contributed by atoms with E-state index >= 15 is 0 Å². The van der Waals surface area contributed by atoms with Crippen molar-refractivity contribution >= 4 is 40.2 Å². The maximum Gasteiger partial charge on any atom is 0.159 e. The molecule has 0 aliphatic heterocycles. The van der Waals surface area contributed by atoms with Crippen molar-refractivity contribution in [1.29, 1.82) is 0 Å². The second-order valence-electron chi connectivity index (χ2n) is 7.11. The van der Waals surface area contributed by atoms with Gasteiger partial charge < -0.3 is 4.42 Å². The Morgan fingerprint density at radius 3 is 2.43 bits per heavy atom. The molecule has 1 aliphatic rings. The second kappa shape index (κ2) is 7.80. The average molecular weight is 388 g/mol. The highest BCUT2D eigenvalue weighted by Crippen LogP contribution is 2.36. The largest absolute Gasteiger partial charge is 0.455 e. The summed E-state index contributed by atoms with van der Waals surface area (Å²) in [5.74, 6) is 0.592. The quantitative estimate of drug-likeness (QED) is 0.276. The van der Waals surface area contributed by atoms with E-state index < -0.39 is 0 Å². The number of benzene rings is 3. The first-order chi connectivity index (χ1) is 14.8. The molecule has 3 nitrogen and oxygen atoms in total. The molecule has 0 fully saturated rings. The van der Waals surface area contributed by atoms with Gasteiger partial charge in [-0.05, 0) is 30.8 Å². The lowest BCUT2D eigenvalue weighted by molar-refractivity contribution is 0.667. The van der Waals surface area contributed by atoms with Crippen LogP contribution in [-0.2, 0) is 0 Å². The summed E-state index contributed by atoms with van der Waals surface area (Å²) in [5, 5.41) is 2.19. The van der Waals surface area contributed by atoms with Crippen molar-refractivity contribution in [1.82, 2.24) is 0 Å². The van der Waals surface area contributed by atoms with Gasteiger partial charge in [-0.25, -0.2) is 9.98 Å². The lowest BCUT2D eigenvalue weighted by Crippen LogP contribution is -1.99. The molecule has 0 radical (unpaired) electrons. The molecule has 3 heteroatoms. The predicted octanol–water partition coefficient (Wildman–Crippen LogP) is 6.96. The number of hydrogen-bond acceptors (Lipinski definition) is 2. The first-order valence-electron chi connectivity index (χ1n) is 9.93. The molecule has 0 saturated heterocycles. The summed E-state index contributed by atoms with van der Waals surface area (Å²) >= 11 is 0. The minimum atomic E-state index is 0.592. The van der Waals surface area contributed by atoms with Gasteiger partial charge in [0.25, 0.3) is 0 Å². The van der Waals surface area contributed by atoms with E-state index in [0.717, 1.165) is 50.8 Å². The second-order valence-corrected chi connectivity index (χ2v) is 7.11. The van der Waals surface area contributed by atoms with Crippen LogP contribution in [0.4, 0.5) is 0 Å². The van der Waals surface area contributed by atoms with Crippen LogP contribution in [0.2, 0.25) is 0 Å². The Kier molecular flexibility index (Phi) is 4.70. The molecule has 0 N–H and O–H groups in total.